The number of fused-ring (bicyclic) bond motifs is 1. The predicted octanol–water partition coefficient (Wildman–Crippen LogP) is 1.44. The summed E-state index contributed by atoms with van der Waals surface area (Å²) in [5.74, 6) is -0.160. The van der Waals surface area contributed by atoms with Crippen LogP contribution in [0.2, 0.25) is 0 Å². The Morgan fingerprint density at radius 3 is 2.89 bits per heavy atom. The van der Waals surface area contributed by atoms with Crippen molar-refractivity contribution in [3.8, 4) is 0 Å². The SMILES string of the molecule is Cc1nc2cc(C3COCCN3C(=O)c3ccccc3N)[nH]n2c(=O)c1C. The molecule has 0 bridgehead atoms. The van der Waals surface area contributed by atoms with E-state index in [1.165, 1.54) is 4.52 Å². The number of rotatable bonds is 2. The molecule has 27 heavy (non-hydrogen) atoms. The van der Waals surface area contributed by atoms with E-state index < -0.39 is 0 Å². The van der Waals surface area contributed by atoms with Crippen molar-refractivity contribution in [3.05, 3.63) is 63.2 Å². The zero-order valence-electron chi connectivity index (χ0n) is 15.2. The monoisotopic (exact) mass is 367 g/mol. The summed E-state index contributed by atoms with van der Waals surface area (Å²) in [7, 11) is 0. The molecule has 1 amide bonds. The van der Waals surface area contributed by atoms with E-state index in [1.807, 2.05) is 0 Å². The van der Waals surface area contributed by atoms with Crippen molar-refractivity contribution in [1.82, 2.24) is 19.5 Å². The van der Waals surface area contributed by atoms with Gasteiger partial charge in [-0.3, -0.25) is 14.7 Å². The maximum Gasteiger partial charge on any atom is 0.275 e. The molecule has 4 rings (SSSR count). The standard InChI is InChI=1S/C19H21N5O3/c1-11-12(2)21-17-9-15(22-24(17)18(11)25)16-10-27-8-7-23(16)19(26)13-5-3-4-6-14(13)20/h3-6,9,16,22H,7-8,10,20H2,1-2H3. The van der Waals surface area contributed by atoms with Gasteiger partial charge in [0.1, 0.15) is 0 Å². The molecule has 2 aromatic heterocycles. The average Bonchev–Trinajstić information content (AvgIpc) is 3.10. The van der Waals surface area contributed by atoms with E-state index >= 15 is 0 Å². The van der Waals surface area contributed by atoms with Gasteiger partial charge in [0.25, 0.3) is 11.5 Å². The third-order valence-electron chi connectivity index (χ3n) is 5.04. The smallest absolute Gasteiger partial charge is 0.275 e. The van der Waals surface area contributed by atoms with Crippen LogP contribution in [-0.4, -0.2) is 45.2 Å². The molecule has 8 nitrogen and oxygen atoms in total. The van der Waals surface area contributed by atoms with E-state index in [1.54, 1.807) is 49.1 Å². The second-order valence-corrected chi connectivity index (χ2v) is 6.71. The maximum atomic E-state index is 13.1. The van der Waals surface area contributed by atoms with Crippen LogP contribution in [0.4, 0.5) is 5.69 Å². The number of aryl methyl sites for hydroxylation is 1. The van der Waals surface area contributed by atoms with Gasteiger partial charge < -0.3 is 15.4 Å². The van der Waals surface area contributed by atoms with E-state index in [0.717, 1.165) is 0 Å². The molecule has 1 atom stereocenters. The normalized spacial score (nSPS) is 17.4. The number of amides is 1. The minimum absolute atomic E-state index is 0.148. The van der Waals surface area contributed by atoms with Gasteiger partial charge >= 0.3 is 0 Å². The van der Waals surface area contributed by atoms with Crippen LogP contribution >= 0.6 is 0 Å². The van der Waals surface area contributed by atoms with Gasteiger partial charge in [0, 0.05) is 29.6 Å². The lowest BCUT2D eigenvalue weighted by Gasteiger charge is -2.35. The number of aromatic nitrogens is 3. The van der Waals surface area contributed by atoms with Gasteiger partial charge in [0.05, 0.1) is 30.5 Å². The van der Waals surface area contributed by atoms with E-state index in [4.69, 9.17) is 10.5 Å². The summed E-state index contributed by atoms with van der Waals surface area (Å²) in [6, 6.07) is 8.45. The molecule has 1 saturated heterocycles. The Morgan fingerprint density at radius 2 is 2.11 bits per heavy atom. The van der Waals surface area contributed by atoms with Gasteiger partial charge in [-0.2, -0.15) is 0 Å². The summed E-state index contributed by atoms with van der Waals surface area (Å²) in [6.07, 6.45) is 0. The molecule has 0 saturated carbocycles. The number of nitrogens with two attached hydrogens (primary N) is 1. The summed E-state index contributed by atoms with van der Waals surface area (Å²) in [4.78, 5) is 31.8. The molecule has 3 aromatic rings. The van der Waals surface area contributed by atoms with Crippen LogP contribution in [-0.2, 0) is 4.74 Å². The van der Waals surface area contributed by atoms with Crippen LogP contribution in [0, 0.1) is 13.8 Å². The number of aromatic amines is 1. The maximum absolute atomic E-state index is 13.1. The minimum atomic E-state index is -0.354. The third-order valence-corrected chi connectivity index (χ3v) is 5.04. The Bertz CT molecular complexity index is 1080. The summed E-state index contributed by atoms with van der Waals surface area (Å²) in [5.41, 5.74) is 9.24. The van der Waals surface area contributed by atoms with Crippen LogP contribution in [0.15, 0.2) is 35.1 Å². The number of benzene rings is 1. The van der Waals surface area contributed by atoms with Crippen molar-refractivity contribution in [2.24, 2.45) is 0 Å². The molecule has 1 aliphatic heterocycles. The number of para-hydroxylation sites is 1. The zero-order chi connectivity index (χ0) is 19.1. The topological polar surface area (TPSA) is 106 Å². The lowest BCUT2D eigenvalue weighted by Crippen LogP contribution is -2.43. The van der Waals surface area contributed by atoms with Gasteiger partial charge in [-0.15, -0.1) is 0 Å². The number of carbonyl (C=O) groups is 1. The number of nitrogens with one attached hydrogen (secondary N) is 1. The van der Waals surface area contributed by atoms with Gasteiger partial charge in [0.15, 0.2) is 5.65 Å². The Hall–Kier alpha value is -3.13. The van der Waals surface area contributed by atoms with Crippen LogP contribution in [0.5, 0.6) is 0 Å². The van der Waals surface area contributed by atoms with Crippen molar-refractivity contribution in [2.75, 3.05) is 25.5 Å². The van der Waals surface area contributed by atoms with Crippen LogP contribution in [0.3, 0.4) is 0 Å². The second kappa shape index (κ2) is 6.55. The number of ether oxygens (including phenoxy) is 1. The molecule has 0 spiro atoms. The molecule has 1 aliphatic rings. The summed E-state index contributed by atoms with van der Waals surface area (Å²) >= 11 is 0. The number of nitrogen functional groups attached to an aromatic ring is 1. The van der Waals surface area contributed by atoms with E-state index in [9.17, 15) is 9.59 Å². The van der Waals surface area contributed by atoms with E-state index in [-0.39, 0.29) is 17.5 Å². The summed E-state index contributed by atoms with van der Waals surface area (Å²) < 4.78 is 7.01. The Labute approximate surface area is 155 Å². The summed E-state index contributed by atoms with van der Waals surface area (Å²) in [5, 5.41) is 3.09. The Morgan fingerprint density at radius 1 is 1.33 bits per heavy atom. The number of nitrogens with zero attached hydrogens (tertiary/aromatic N) is 3. The van der Waals surface area contributed by atoms with E-state index in [0.29, 0.717) is 53.6 Å². The first kappa shape index (κ1) is 17.3. The Kier molecular flexibility index (Phi) is 4.19. The van der Waals surface area contributed by atoms with E-state index in [2.05, 4.69) is 10.1 Å². The Balaban J connectivity index is 1.76. The molecule has 1 aromatic carbocycles. The fraction of sp³-hybridized carbons (Fsp3) is 0.316. The fourth-order valence-electron chi connectivity index (χ4n) is 3.36. The highest BCUT2D eigenvalue weighted by atomic mass is 16.5. The van der Waals surface area contributed by atoms with Crippen molar-refractivity contribution >= 4 is 17.2 Å². The number of carbonyl (C=O) groups excluding carboxylic acids is 1. The zero-order valence-corrected chi connectivity index (χ0v) is 15.2. The van der Waals surface area contributed by atoms with Crippen molar-refractivity contribution in [1.29, 1.82) is 0 Å². The first-order chi connectivity index (χ1) is 13.0. The number of H-pyrrole nitrogens is 1. The molecule has 1 fully saturated rings. The first-order valence-electron chi connectivity index (χ1n) is 8.79. The van der Waals surface area contributed by atoms with Crippen molar-refractivity contribution in [3.63, 3.8) is 0 Å². The van der Waals surface area contributed by atoms with Gasteiger partial charge in [0.2, 0.25) is 0 Å². The second-order valence-electron chi connectivity index (χ2n) is 6.71. The summed E-state index contributed by atoms with van der Waals surface area (Å²) in [6.45, 7) is 4.77. The highest BCUT2D eigenvalue weighted by Crippen LogP contribution is 2.27. The fourth-order valence-corrected chi connectivity index (χ4v) is 3.36. The molecule has 1 unspecified atom stereocenters. The number of hydrogen-bond donors (Lipinski definition) is 2. The van der Waals surface area contributed by atoms with Crippen molar-refractivity contribution < 1.29 is 9.53 Å². The molecule has 3 heterocycles. The van der Waals surface area contributed by atoms with Gasteiger partial charge in [-0.1, -0.05) is 12.1 Å². The average molecular weight is 367 g/mol. The lowest BCUT2D eigenvalue weighted by atomic mass is 10.1. The minimum Gasteiger partial charge on any atom is -0.398 e. The van der Waals surface area contributed by atoms with Crippen LogP contribution in [0.25, 0.3) is 5.65 Å². The molecule has 0 radical (unpaired) electrons. The third kappa shape index (κ3) is 2.87. The lowest BCUT2D eigenvalue weighted by molar-refractivity contribution is -0.00391. The number of morpholine rings is 1. The molecule has 0 aliphatic carbocycles. The highest BCUT2D eigenvalue weighted by molar-refractivity contribution is 5.99. The van der Waals surface area contributed by atoms with Crippen LogP contribution in [0.1, 0.15) is 33.4 Å². The van der Waals surface area contributed by atoms with Crippen LogP contribution < -0.4 is 11.3 Å². The van der Waals surface area contributed by atoms with Crippen molar-refractivity contribution in [2.45, 2.75) is 19.9 Å². The molecule has 3 N–H and O–H groups in total. The highest BCUT2D eigenvalue weighted by Gasteiger charge is 2.31. The molecule has 140 valence electrons. The van der Waals surface area contributed by atoms with Gasteiger partial charge in [-0.25, -0.2) is 9.50 Å². The molecule has 8 heteroatoms. The molecular weight excluding hydrogens is 346 g/mol. The van der Waals surface area contributed by atoms with Gasteiger partial charge in [-0.05, 0) is 26.0 Å². The number of hydrogen-bond acceptors (Lipinski definition) is 5. The largest absolute Gasteiger partial charge is 0.398 e. The quantitative estimate of drug-likeness (QED) is 0.667. The number of anilines is 1. The molecular formula is C19H21N5O3. The predicted molar refractivity (Wildman–Crippen MR) is 101 cm³/mol. The first-order valence-corrected chi connectivity index (χ1v) is 8.79.